The molecule has 7 nitrogen and oxygen atoms in total. The number of nitrogens with zero attached hydrogens (tertiary/aromatic N) is 2. The third-order valence-corrected chi connectivity index (χ3v) is 5.56. The number of anilines is 1. The number of fused-ring (bicyclic) bond motifs is 2. The maximum atomic E-state index is 13.9. The van der Waals surface area contributed by atoms with Crippen LogP contribution in [0.2, 0.25) is 0 Å². The van der Waals surface area contributed by atoms with Crippen molar-refractivity contribution in [1.82, 2.24) is 9.97 Å². The molecule has 0 saturated heterocycles. The van der Waals surface area contributed by atoms with Crippen LogP contribution in [0.4, 0.5) is 13.9 Å². The van der Waals surface area contributed by atoms with Gasteiger partial charge in [0, 0.05) is 25.0 Å². The third kappa shape index (κ3) is 3.93. The van der Waals surface area contributed by atoms with Gasteiger partial charge in [-0.1, -0.05) is 17.4 Å². The lowest BCUT2D eigenvalue weighted by atomic mass is 10.1. The van der Waals surface area contributed by atoms with Gasteiger partial charge in [0.25, 0.3) is 0 Å². The standard InChI is InChI=1S/C21H15F2N3O4S/c22-11-2-1-3-12(23)20(11)16-10-24-19(30-16)5-4-18(27)26-21-25-13-8-14-15(9-17(13)31-21)29-7-6-28-14/h1-3,8-10H,4-7H2,(H,25,26,27). The summed E-state index contributed by atoms with van der Waals surface area (Å²) in [7, 11) is 0. The predicted octanol–water partition coefficient (Wildman–Crippen LogP) is 4.57. The second-order valence-corrected chi connectivity index (χ2v) is 7.78. The van der Waals surface area contributed by atoms with Crippen molar-refractivity contribution in [2.45, 2.75) is 12.8 Å². The van der Waals surface area contributed by atoms with E-state index < -0.39 is 11.6 Å². The molecule has 0 aliphatic carbocycles. The fourth-order valence-corrected chi connectivity index (χ4v) is 4.09. The van der Waals surface area contributed by atoms with E-state index in [1.165, 1.54) is 23.6 Å². The van der Waals surface area contributed by atoms with Gasteiger partial charge in [-0.05, 0) is 12.1 Å². The first-order valence-electron chi connectivity index (χ1n) is 9.46. The minimum Gasteiger partial charge on any atom is -0.486 e. The summed E-state index contributed by atoms with van der Waals surface area (Å²) < 4.78 is 45.1. The van der Waals surface area contributed by atoms with E-state index in [1.54, 1.807) is 6.07 Å². The Bertz CT molecular complexity index is 1220. The number of hydrogen-bond acceptors (Lipinski definition) is 7. The number of rotatable bonds is 5. The average Bonchev–Trinajstić information content (AvgIpc) is 3.36. The highest BCUT2D eigenvalue weighted by atomic mass is 32.1. The third-order valence-electron chi connectivity index (χ3n) is 4.63. The highest BCUT2D eigenvalue weighted by molar-refractivity contribution is 7.22. The van der Waals surface area contributed by atoms with Crippen molar-refractivity contribution in [2.75, 3.05) is 18.5 Å². The highest BCUT2D eigenvalue weighted by Gasteiger charge is 2.18. The van der Waals surface area contributed by atoms with E-state index in [2.05, 4.69) is 15.3 Å². The molecule has 0 atom stereocenters. The Morgan fingerprint density at radius 1 is 1.13 bits per heavy atom. The van der Waals surface area contributed by atoms with E-state index in [9.17, 15) is 13.6 Å². The van der Waals surface area contributed by atoms with Crippen molar-refractivity contribution in [2.24, 2.45) is 0 Å². The molecule has 2 aromatic carbocycles. The SMILES string of the molecule is O=C(CCc1ncc(-c2c(F)cccc2F)o1)Nc1nc2cc3c(cc2s1)OCCO3. The lowest BCUT2D eigenvalue weighted by Crippen LogP contribution is -2.15. The van der Waals surface area contributed by atoms with E-state index >= 15 is 0 Å². The van der Waals surface area contributed by atoms with E-state index in [0.717, 1.165) is 16.8 Å². The van der Waals surface area contributed by atoms with Gasteiger partial charge >= 0.3 is 0 Å². The second-order valence-electron chi connectivity index (χ2n) is 6.75. The summed E-state index contributed by atoms with van der Waals surface area (Å²) in [6.45, 7) is 0.977. The fourth-order valence-electron chi connectivity index (χ4n) is 3.20. The van der Waals surface area contributed by atoms with Gasteiger partial charge in [-0.15, -0.1) is 0 Å². The zero-order valence-corrected chi connectivity index (χ0v) is 16.8. The molecule has 2 aromatic heterocycles. The first kappa shape index (κ1) is 19.4. The quantitative estimate of drug-likeness (QED) is 0.486. The number of ether oxygens (including phenoxy) is 2. The molecule has 1 aliphatic heterocycles. The van der Waals surface area contributed by atoms with Crippen LogP contribution >= 0.6 is 11.3 Å². The van der Waals surface area contributed by atoms with Crippen molar-refractivity contribution in [3.05, 3.63) is 54.1 Å². The Morgan fingerprint density at radius 2 is 1.87 bits per heavy atom. The number of oxazole rings is 1. The van der Waals surface area contributed by atoms with E-state index in [0.29, 0.717) is 35.4 Å². The number of halogens is 2. The Balaban J connectivity index is 1.24. The largest absolute Gasteiger partial charge is 0.486 e. The summed E-state index contributed by atoms with van der Waals surface area (Å²) >= 11 is 1.32. The number of hydrogen-bond donors (Lipinski definition) is 1. The van der Waals surface area contributed by atoms with Crippen LogP contribution < -0.4 is 14.8 Å². The normalized spacial score (nSPS) is 12.8. The molecule has 158 valence electrons. The van der Waals surface area contributed by atoms with Crippen LogP contribution in [0.3, 0.4) is 0 Å². The Hall–Kier alpha value is -3.53. The van der Waals surface area contributed by atoms with Gasteiger partial charge in [-0.3, -0.25) is 4.79 Å². The number of aryl methyl sites for hydroxylation is 1. The molecule has 0 saturated carbocycles. The molecule has 0 unspecified atom stereocenters. The monoisotopic (exact) mass is 443 g/mol. The number of aromatic nitrogens is 2. The predicted molar refractivity (Wildman–Crippen MR) is 109 cm³/mol. The molecular formula is C21H15F2N3O4S. The van der Waals surface area contributed by atoms with Gasteiger partial charge in [0.15, 0.2) is 28.3 Å². The smallest absolute Gasteiger partial charge is 0.226 e. The zero-order valence-electron chi connectivity index (χ0n) is 16.0. The van der Waals surface area contributed by atoms with Gasteiger partial charge in [-0.25, -0.2) is 18.7 Å². The highest BCUT2D eigenvalue weighted by Crippen LogP contribution is 2.37. The molecule has 1 amide bonds. The molecule has 4 aromatic rings. The lowest BCUT2D eigenvalue weighted by Gasteiger charge is -2.17. The minimum absolute atomic E-state index is 0.0226. The van der Waals surface area contributed by atoms with Crippen LogP contribution in [-0.2, 0) is 11.2 Å². The summed E-state index contributed by atoms with van der Waals surface area (Å²) in [5, 5.41) is 3.19. The van der Waals surface area contributed by atoms with Crippen molar-refractivity contribution in [1.29, 1.82) is 0 Å². The van der Waals surface area contributed by atoms with Gasteiger partial charge in [-0.2, -0.15) is 0 Å². The first-order valence-corrected chi connectivity index (χ1v) is 10.3. The molecule has 1 aliphatic rings. The molecule has 0 spiro atoms. The summed E-state index contributed by atoms with van der Waals surface area (Å²) in [5.41, 5.74) is 0.421. The van der Waals surface area contributed by atoms with E-state index in [-0.39, 0.29) is 36.0 Å². The second kappa shape index (κ2) is 7.95. The van der Waals surface area contributed by atoms with Gasteiger partial charge < -0.3 is 19.2 Å². The summed E-state index contributed by atoms with van der Waals surface area (Å²) in [6.07, 6.45) is 1.48. The summed E-state index contributed by atoms with van der Waals surface area (Å²) in [5.74, 6) is -0.292. The van der Waals surface area contributed by atoms with E-state index in [4.69, 9.17) is 13.9 Å². The van der Waals surface area contributed by atoms with Gasteiger partial charge in [0.1, 0.15) is 24.8 Å². The molecule has 10 heteroatoms. The topological polar surface area (TPSA) is 86.5 Å². The molecule has 1 N–H and O–H groups in total. The Kier molecular flexibility index (Phi) is 4.99. The first-order chi connectivity index (χ1) is 15.1. The Morgan fingerprint density at radius 3 is 2.65 bits per heavy atom. The molecule has 5 rings (SSSR count). The number of nitrogens with one attached hydrogen (secondary N) is 1. The number of benzene rings is 2. The molecule has 3 heterocycles. The summed E-state index contributed by atoms with van der Waals surface area (Å²) in [4.78, 5) is 20.7. The number of carbonyl (C=O) groups is 1. The van der Waals surface area contributed by atoms with Crippen LogP contribution in [0, 0.1) is 11.6 Å². The maximum absolute atomic E-state index is 13.9. The van der Waals surface area contributed by atoms with Gasteiger partial charge in [0.05, 0.1) is 22.0 Å². The van der Waals surface area contributed by atoms with Gasteiger partial charge in [0.2, 0.25) is 5.91 Å². The van der Waals surface area contributed by atoms with Crippen LogP contribution in [0.5, 0.6) is 11.5 Å². The van der Waals surface area contributed by atoms with Crippen molar-refractivity contribution in [3.8, 4) is 22.8 Å². The van der Waals surface area contributed by atoms with Crippen molar-refractivity contribution in [3.63, 3.8) is 0 Å². The maximum Gasteiger partial charge on any atom is 0.226 e. The fraction of sp³-hybridized carbons (Fsp3) is 0.190. The van der Waals surface area contributed by atoms with Crippen LogP contribution in [-0.4, -0.2) is 29.1 Å². The van der Waals surface area contributed by atoms with Crippen molar-refractivity contribution >= 4 is 32.6 Å². The summed E-state index contributed by atoms with van der Waals surface area (Å²) in [6, 6.07) is 7.17. The number of amides is 1. The van der Waals surface area contributed by atoms with Crippen LogP contribution in [0.25, 0.3) is 21.5 Å². The molecule has 0 radical (unpaired) electrons. The lowest BCUT2D eigenvalue weighted by molar-refractivity contribution is -0.116. The molecular weight excluding hydrogens is 428 g/mol. The molecule has 0 fully saturated rings. The Labute approximate surface area is 178 Å². The average molecular weight is 443 g/mol. The molecule has 31 heavy (non-hydrogen) atoms. The van der Waals surface area contributed by atoms with Crippen LogP contribution in [0.1, 0.15) is 12.3 Å². The zero-order chi connectivity index (χ0) is 21.4. The van der Waals surface area contributed by atoms with Crippen molar-refractivity contribution < 1.29 is 27.5 Å². The van der Waals surface area contributed by atoms with E-state index in [1.807, 2.05) is 6.07 Å². The minimum atomic E-state index is -0.742. The number of carbonyl (C=O) groups excluding carboxylic acids is 1. The number of thiazole rings is 1. The van der Waals surface area contributed by atoms with Crippen LogP contribution in [0.15, 0.2) is 40.9 Å². The molecule has 0 bridgehead atoms.